The first kappa shape index (κ1) is 11.2. The van der Waals surface area contributed by atoms with Gasteiger partial charge in [0, 0.05) is 0 Å². The van der Waals surface area contributed by atoms with Crippen LogP contribution in [0.2, 0.25) is 0 Å². The Balaban J connectivity index is 0. The van der Waals surface area contributed by atoms with Crippen molar-refractivity contribution in [1.29, 1.82) is 0 Å². The highest BCUT2D eigenvalue weighted by molar-refractivity contribution is 5.67. The smallest absolute Gasteiger partial charge is 0.305 e. The molecule has 0 aromatic carbocycles. The normalized spacial score (nSPS) is 11.1. The third kappa shape index (κ3) is 18.7. The maximum absolute atomic E-state index is 9.65. The molecule has 1 unspecified atom stereocenters. The van der Waals surface area contributed by atoms with E-state index < -0.39 is 12.1 Å². The van der Waals surface area contributed by atoms with Crippen molar-refractivity contribution in [3.63, 3.8) is 0 Å². The third-order valence-electron chi connectivity index (χ3n) is 0.470. The van der Waals surface area contributed by atoms with Gasteiger partial charge in [0.15, 0.2) is 0 Å². The van der Waals surface area contributed by atoms with Crippen LogP contribution in [0.25, 0.3) is 0 Å². The molecule has 56 valence electrons. The number of hydrogen-bond acceptors (Lipinski definition) is 3. The lowest BCUT2D eigenvalue weighted by Gasteiger charge is -1.94. The van der Waals surface area contributed by atoms with Gasteiger partial charge in [0.1, 0.15) is 0 Å². The first-order valence-corrected chi connectivity index (χ1v) is 2.60. The van der Waals surface area contributed by atoms with Crippen LogP contribution in [0.1, 0.15) is 13.3 Å². The topological polar surface area (TPSA) is 83.5 Å². The van der Waals surface area contributed by atoms with Gasteiger partial charge < -0.3 is 15.9 Å². The average Bonchev–Trinajstić information content (AvgIpc) is 1.68. The van der Waals surface area contributed by atoms with Gasteiger partial charge in [-0.05, 0) is 14.0 Å². The zero-order valence-electron chi connectivity index (χ0n) is 5.66. The van der Waals surface area contributed by atoms with E-state index in [1.807, 2.05) is 0 Å². The van der Waals surface area contributed by atoms with Crippen LogP contribution in [-0.2, 0) is 4.79 Å². The average molecular weight is 135 g/mol. The Hall–Kier alpha value is -0.610. The molecule has 0 aromatic heterocycles. The summed E-state index contributed by atoms with van der Waals surface area (Å²) in [6.45, 7) is 1.44. The van der Waals surface area contributed by atoms with Crippen LogP contribution in [-0.4, -0.2) is 29.3 Å². The Morgan fingerprint density at radius 1 is 1.67 bits per heavy atom. The summed E-state index contributed by atoms with van der Waals surface area (Å²) in [5, 5.41) is 16.3. The molecular formula is C5H13NO3. The molecule has 0 amide bonds. The van der Waals surface area contributed by atoms with Gasteiger partial charge in [0.2, 0.25) is 0 Å². The molecule has 4 nitrogen and oxygen atoms in total. The Morgan fingerprint density at radius 3 is 2.00 bits per heavy atom. The summed E-state index contributed by atoms with van der Waals surface area (Å²) in [6.07, 6.45) is -0.891. The van der Waals surface area contributed by atoms with Crippen molar-refractivity contribution in [2.45, 2.75) is 19.4 Å². The lowest BCUT2D eigenvalue weighted by molar-refractivity contribution is -0.138. The molecule has 0 saturated carbocycles. The minimum Gasteiger partial charge on any atom is -0.481 e. The number of nitrogens with two attached hydrogens (primary N) is 1. The Bertz CT molecular complexity index is 72.6. The van der Waals surface area contributed by atoms with Gasteiger partial charge in [-0.1, -0.05) is 0 Å². The molecule has 4 N–H and O–H groups in total. The molecule has 0 bridgehead atoms. The van der Waals surface area contributed by atoms with Gasteiger partial charge in [-0.25, -0.2) is 0 Å². The number of carboxylic acid groups (broad SMARTS) is 1. The number of carbonyl (C=O) groups is 1. The number of aliphatic carboxylic acids is 1. The zero-order chi connectivity index (χ0) is 7.86. The van der Waals surface area contributed by atoms with Gasteiger partial charge >= 0.3 is 5.97 Å². The molecule has 0 aliphatic rings. The molecule has 0 aromatic rings. The van der Waals surface area contributed by atoms with E-state index in [1.165, 1.54) is 14.0 Å². The highest BCUT2D eigenvalue weighted by Gasteiger charge is 2.00. The monoisotopic (exact) mass is 135 g/mol. The quantitative estimate of drug-likeness (QED) is 0.473. The van der Waals surface area contributed by atoms with E-state index >= 15 is 0 Å². The van der Waals surface area contributed by atoms with Crippen molar-refractivity contribution in [2.24, 2.45) is 5.73 Å². The van der Waals surface area contributed by atoms with Gasteiger partial charge in [-0.15, -0.1) is 0 Å². The van der Waals surface area contributed by atoms with Crippen LogP contribution < -0.4 is 5.73 Å². The molecule has 4 heteroatoms. The summed E-state index contributed by atoms with van der Waals surface area (Å²) in [5.41, 5.74) is 4.50. The van der Waals surface area contributed by atoms with Gasteiger partial charge in [0.05, 0.1) is 12.5 Å². The largest absolute Gasteiger partial charge is 0.481 e. The number of carboxylic acids is 1. The van der Waals surface area contributed by atoms with Crippen LogP contribution >= 0.6 is 0 Å². The van der Waals surface area contributed by atoms with Crippen molar-refractivity contribution >= 4 is 5.97 Å². The Kier molecular flexibility index (Phi) is 9.21. The Labute approximate surface area is 54.3 Å². The molecule has 0 aliphatic heterocycles. The third-order valence-corrected chi connectivity index (χ3v) is 0.470. The molecule has 0 saturated heterocycles. The molecule has 1 atom stereocenters. The minimum absolute atomic E-state index is 0.167. The van der Waals surface area contributed by atoms with E-state index in [0.29, 0.717) is 0 Å². The van der Waals surface area contributed by atoms with Crippen LogP contribution in [0.15, 0.2) is 0 Å². The van der Waals surface area contributed by atoms with Gasteiger partial charge in [-0.3, -0.25) is 4.79 Å². The van der Waals surface area contributed by atoms with Crippen molar-refractivity contribution in [3.8, 4) is 0 Å². The highest BCUT2D eigenvalue weighted by atomic mass is 16.4. The lowest BCUT2D eigenvalue weighted by Crippen LogP contribution is -2.07. The van der Waals surface area contributed by atoms with Crippen LogP contribution in [0.3, 0.4) is 0 Å². The molecule has 0 heterocycles. The molecular weight excluding hydrogens is 122 g/mol. The SMILES string of the molecule is CC(O)CC(=O)O.CN. The second-order valence-electron chi connectivity index (χ2n) is 1.45. The molecule has 0 spiro atoms. The van der Waals surface area contributed by atoms with Crippen molar-refractivity contribution in [3.05, 3.63) is 0 Å². The van der Waals surface area contributed by atoms with E-state index in [2.05, 4.69) is 5.73 Å². The summed E-state index contributed by atoms with van der Waals surface area (Å²) in [4.78, 5) is 9.65. The van der Waals surface area contributed by atoms with E-state index in [0.717, 1.165) is 0 Å². The number of rotatable bonds is 2. The fourth-order valence-electron chi connectivity index (χ4n) is 0.253. The van der Waals surface area contributed by atoms with Crippen LogP contribution in [0.5, 0.6) is 0 Å². The van der Waals surface area contributed by atoms with Crippen molar-refractivity contribution in [2.75, 3.05) is 7.05 Å². The summed E-state index contributed by atoms with van der Waals surface area (Å²) in [7, 11) is 1.50. The fourth-order valence-corrected chi connectivity index (χ4v) is 0.253. The van der Waals surface area contributed by atoms with Gasteiger partial charge in [-0.2, -0.15) is 0 Å². The standard InChI is InChI=1S/C4H8O3.CH5N/c1-3(5)2-4(6)7;1-2/h3,5H,2H2,1H3,(H,6,7);2H2,1H3. The van der Waals surface area contributed by atoms with Crippen LogP contribution in [0, 0.1) is 0 Å². The fraction of sp³-hybridized carbons (Fsp3) is 0.800. The van der Waals surface area contributed by atoms with E-state index in [9.17, 15) is 4.79 Å². The summed E-state index contributed by atoms with van der Waals surface area (Å²) in [6, 6.07) is 0. The maximum Gasteiger partial charge on any atom is 0.305 e. The maximum atomic E-state index is 9.65. The van der Waals surface area contributed by atoms with Crippen LogP contribution in [0.4, 0.5) is 0 Å². The summed E-state index contributed by atoms with van der Waals surface area (Å²) >= 11 is 0. The predicted octanol–water partition coefficient (Wildman–Crippen LogP) is -0.583. The first-order valence-electron chi connectivity index (χ1n) is 2.60. The molecule has 9 heavy (non-hydrogen) atoms. The second-order valence-corrected chi connectivity index (χ2v) is 1.45. The van der Waals surface area contributed by atoms with Gasteiger partial charge in [0.25, 0.3) is 0 Å². The zero-order valence-corrected chi connectivity index (χ0v) is 5.66. The first-order chi connectivity index (χ1) is 4.13. The second kappa shape index (κ2) is 7.39. The van der Waals surface area contributed by atoms with Crippen molar-refractivity contribution < 1.29 is 15.0 Å². The van der Waals surface area contributed by atoms with E-state index in [1.54, 1.807) is 0 Å². The number of aliphatic hydroxyl groups excluding tert-OH is 1. The lowest BCUT2D eigenvalue weighted by atomic mass is 10.3. The molecule has 0 radical (unpaired) electrons. The molecule has 0 rings (SSSR count). The number of aliphatic hydroxyl groups is 1. The van der Waals surface area contributed by atoms with Crippen molar-refractivity contribution in [1.82, 2.24) is 0 Å². The van der Waals surface area contributed by atoms with E-state index in [4.69, 9.17) is 10.2 Å². The molecule has 0 aliphatic carbocycles. The minimum atomic E-state index is -0.963. The van der Waals surface area contributed by atoms with E-state index in [-0.39, 0.29) is 6.42 Å². The summed E-state index contributed by atoms with van der Waals surface area (Å²) < 4.78 is 0. The Morgan fingerprint density at radius 2 is 2.00 bits per heavy atom. The highest BCUT2D eigenvalue weighted by Crippen LogP contribution is 1.85. The number of hydrogen-bond donors (Lipinski definition) is 3. The predicted molar refractivity (Wildman–Crippen MR) is 34.0 cm³/mol. The summed E-state index contributed by atoms with van der Waals surface area (Å²) in [5.74, 6) is -0.963. The molecule has 0 fully saturated rings.